The van der Waals surface area contributed by atoms with Crippen molar-refractivity contribution in [3.05, 3.63) is 16.8 Å². The van der Waals surface area contributed by atoms with Crippen LogP contribution in [-0.4, -0.2) is 42.3 Å². The molecular formula is C11H16N4O. The van der Waals surface area contributed by atoms with Gasteiger partial charge in [-0.15, -0.1) is 5.10 Å². The van der Waals surface area contributed by atoms with Crippen molar-refractivity contribution in [2.24, 2.45) is 0 Å². The van der Waals surface area contributed by atoms with Gasteiger partial charge in [0.1, 0.15) is 18.2 Å². The van der Waals surface area contributed by atoms with Gasteiger partial charge in [0.15, 0.2) is 0 Å². The number of hydrogen-bond donors (Lipinski definition) is 0. The summed E-state index contributed by atoms with van der Waals surface area (Å²) in [5.41, 5.74) is 2.07. The Bertz CT molecular complexity index is 409. The van der Waals surface area contributed by atoms with Crippen molar-refractivity contribution < 1.29 is 4.74 Å². The van der Waals surface area contributed by atoms with Gasteiger partial charge in [-0.25, -0.2) is 0 Å². The van der Waals surface area contributed by atoms with Gasteiger partial charge < -0.3 is 9.64 Å². The zero-order valence-electron chi connectivity index (χ0n) is 10.1. The molecule has 0 saturated heterocycles. The Morgan fingerprint density at radius 1 is 1.31 bits per heavy atom. The first kappa shape index (κ1) is 12.4. The Kier molecular flexibility index (Phi) is 4.20. The zero-order valence-corrected chi connectivity index (χ0v) is 10.1. The van der Waals surface area contributed by atoms with Gasteiger partial charge in [0, 0.05) is 6.54 Å². The molecule has 1 rings (SSSR count). The van der Waals surface area contributed by atoms with Crippen LogP contribution >= 0.6 is 0 Å². The number of nitrogens with zero attached hydrogens (tertiary/aromatic N) is 4. The molecule has 0 aromatic carbocycles. The summed E-state index contributed by atoms with van der Waals surface area (Å²) >= 11 is 0. The van der Waals surface area contributed by atoms with Crippen LogP contribution in [0.15, 0.2) is 0 Å². The molecule has 5 heteroatoms. The monoisotopic (exact) mass is 220 g/mol. The Balaban J connectivity index is 2.81. The number of aryl methyl sites for hydroxylation is 1. The van der Waals surface area contributed by atoms with E-state index in [4.69, 9.17) is 10.00 Å². The lowest BCUT2D eigenvalue weighted by Gasteiger charge is -2.11. The van der Waals surface area contributed by atoms with Crippen molar-refractivity contribution in [1.29, 1.82) is 5.26 Å². The Morgan fingerprint density at radius 2 is 2.00 bits per heavy atom. The van der Waals surface area contributed by atoms with Crippen LogP contribution in [0.5, 0.6) is 5.88 Å². The molecule has 0 spiro atoms. The number of rotatable bonds is 4. The Morgan fingerprint density at radius 3 is 2.56 bits per heavy atom. The molecule has 0 aliphatic carbocycles. The summed E-state index contributed by atoms with van der Waals surface area (Å²) in [6, 6.07) is 2.10. The normalized spacial score (nSPS) is 10.2. The van der Waals surface area contributed by atoms with E-state index in [1.807, 2.05) is 32.8 Å². The molecule has 1 heterocycles. The van der Waals surface area contributed by atoms with Gasteiger partial charge in [-0.1, -0.05) is 0 Å². The number of aromatic nitrogens is 2. The van der Waals surface area contributed by atoms with Crippen LogP contribution in [0.3, 0.4) is 0 Å². The zero-order chi connectivity index (χ0) is 12.1. The van der Waals surface area contributed by atoms with Gasteiger partial charge in [0.25, 0.3) is 5.88 Å². The second kappa shape index (κ2) is 5.42. The molecular weight excluding hydrogens is 204 g/mol. The minimum Gasteiger partial charge on any atom is -0.474 e. The first-order chi connectivity index (χ1) is 7.56. The van der Waals surface area contributed by atoms with Crippen LogP contribution in [0, 0.1) is 25.2 Å². The first-order valence-corrected chi connectivity index (χ1v) is 5.07. The molecule has 5 nitrogen and oxygen atoms in total. The van der Waals surface area contributed by atoms with E-state index in [-0.39, 0.29) is 0 Å². The molecule has 16 heavy (non-hydrogen) atoms. The largest absolute Gasteiger partial charge is 0.474 e. The fraction of sp³-hybridized carbons (Fsp3) is 0.545. The van der Waals surface area contributed by atoms with Crippen LogP contribution in [0.2, 0.25) is 0 Å². The molecule has 0 N–H and O–H groups in total. The highest BCUT2D eigenvalue weighted by Crippen LogP contribution is 2.18. The average Bonchev–Trinajstić information content (AvgIpc) is 2.23. The molecule has 1 aromatic heterocycles. The van der Waals surface area contributed by atoms with Gasteiger partial charge in [-0.3, -0.25) is 0 Å². The van der Waals surface area contributed by atoms with E-state index in [0.717, 1.165) is 17.8 Å². The second-order valence-corrected chi connectivity index (χ2v) is 3.85. The lowest BCUT2D eigenvalue weighted by molar-refractivity contribution is 0.250. The standard InChI is InChI=1S/C11H16N4O/c1-8-9(2)13-14-11(10(8)7-12)16-6-5-15(3)4/h5-6H2,1-4H3. The minimum absolute atomic E-state index is 0.326. The van der Waals surface area contributed by atoms with Crippen LogP contribution < -0.4 is 4.74 Å². The molecule has 1 aromatic rings. The van der Waals surface area contributed by atoms with Crippen molar-refractivity contribution >= 4 is 0 Å². The predicted molar refractivity (Wildman–Crippen MR) is 60.3 cm³/mol. The lowest BCUT2D eigenvalue weighted by Crippen LogP contribution is -2.20. The number of hydrogen-bond acceptors (Lipinski definition) is 5. The molecule has 0 atom stereocenters. The van der Waals surface area contributed by atoms with Crippen molar-refractivity contribution in [3.8, 4) is 11.9 Å². The summed E-state index contributed by atoms with van der Waals surface area (Å²) in [4.78, 5) is 2.00. The molecule has 0 aliphatic rings. The molecule has 0 saturated carbocycles. The van der Waals surface area contributed by atoms with Crippen molar-refractivity contribution in [3.63, 3.8) is 0 Å². The molecule has 0 fully saturated rings. The molecule has 0 aliphatic heterocycles. The van der Waals surface area contributed by atoms with Crippen molar-refractivity contribution in [2.45, 2.75) is 13.8 Å². The maximum atomic E-state index is 9.02. The van der Waals surface area contributed by atoms with E-state index in [1.165, 1.54) is 0 Å². The van der Waals surface area contributed by atoms with E-state index in [0.29, 0.717) is 18.1 Å². The summed E-state index contributed by atoms with van der Waals surface area (Å²) in [6.45, 7) is 4.95. The molecule has 86 valence electrons. The Hall–Kier alpha value is -1.67. The van der Waals surface area contributed by atoms with Gasteiger partial charge >= 0.3 is 0 Å². The maximum Gasteiger partial charge on any atom is 0.251 e. The van der Waals surface area contributed by atoms with Crippen molar-refractivity contribution in [2.75, 3.05) is 27.2 Å². The minimum atomic E-state index is 0.326. The SMILES string of the molecule is Cc1nnc(OCCN(C)C)c(C#N)c1C. The van der Waals surface area contributed by atoms with E-state index in [2.05, 4.69) is 16.3 Å². The highest BCUT2D eigenvalue weighted by molar-refractivity contribution is 5.44. The maximum absolute atomic E-state index is 9.02. The summed E-state index contributed by atoms with van der Waals surface area (Å²) in [6.07, 6.45) is 0. The Labute approximate surface area is 95.7 Å². The van der Waals surface area contributed by atoms with Gasteiger partial charge in [-0.2, -0.15) is 10.4 Å². The highest BCUT2D eigenvalue weighted by Gasteiger charge is 2.11. The summed E-state index contributed by atoms with van der Waals surface area (Å²) in [5, 5.41) is 16.9. The molecule has 0 unspecified atom stereocenters. The fourth-order valence-corrected chi connectivity index (χ4v) is 1.14. The summed E-state index contributed by atoms with van der Waals surface area (Å²) in [7, 11) is 3.92. The van der Waals surface area contributed by atoms with Crippen LogP contribution in [0.25, 0.3) is 0 Å². The van der Waals surface area contributed by atoms with Crippen LogP contribution in [0.1, 0.15) is 16.8 Å². The van der Waals surface area contributed by atoms with E-state index < -0.39 is 0 Å². The van der Waals surface area contributed by atoms with Gasteiger partial charge in [0.2, 0.25) is 0 Å². The number of nitriles is 1. The summed E-state index contributed by atoms with van der Waals surface area (Å²) in [5.74, 6) is 0.326. The summed E-state index contributed by atoms with van der Waals surface area (Å²) < 4.78 is 5.44. The van der Waals surface area contributed by atoms with E-state index in [9.17, 15) is 0 Å². The van der Waals surface area contributed by atoms with Crippen LogP contribution in [-0.2, 0) is 0 Å². The fourth-order valence-electron chi connectivity index (χ4n) is 1.14. The highest BCUT2D eigenvalue weighted by atomic mass is 16.5. The molecule has 0 bridgehead atoms. The topological polar surface area (TPSA) is 62.0 Å². The number of likely N-dealkylation sites (N-methyl/N-ethyl adjacent to an activating group) is 1. The average molecular weight is 220 g/mol. The smallest absolute Gasteiger partial charge is 0.251 e. The second-order valence-electron chi connectivity index (χ2n) is 3.85. The quantitative estimate of drug-likeness (QED) is 0.754. The third-order valence-corrected chi connectivity index (χ3v) is 2.31. The van der Waals surface area contributed by atoms with Crippen LogP contribution in [0.4, 0.5) is 0 Å². The van der Waals surface area contributed by atoms with E-state index in [1.54, 1.807) is 0 Å². The van der Waals surface area contributed by atoms with Crippen molar-refractivity contribution in [1.82, 2.24) is 15.1 Å². The molecule has 0 radical (unpaired) electrons. The van der Waals surface area contributed by atoms with E-state index >= 15 is 0 Å². The lowest BCUT2D eigenvalue weighted by atomic mass is 10.1. The third kappa shape index (κ3) is 2.91. The van der Waals surface area contributed by atoms with Gasteiger partial charge in [-0.05, 0) is 33.5 Å². The third-order valence-electron chi connectivity index (χ3n) is 2.31. The predicted octanol–water partition coefficient (Wildman–Crippen LogP) is 0.906. The van der Waals surface area contributed by atoms with Gasteiger partial charge in [0.05, 0.1) is 5.69 Å². The number of ether oxygens (including phenoxy) is 1. The first-order valence-electron chi connectivity index (χ1n) is 5.07. The molecule has 0 amide bonds.